The standard InChI is InChI=1S/C17H19ClO/c1-12-8-9-13-5-2-3-7-15(13)17(12)16(18)11-14-6-4-10-19-14/h2-3,5,7-9,14,16H,4,6,10-11H2,1H3. The van der Waals surface area contributed by atoms with Crippen LogP contribution in [0.25, 0.3) is 10.8 Å². The molecule has 1 aliphatic heterocycles. The van der Waals surface area contributed by atoms with Crippen molar-refractivity contribution in [2.24, 2.45) is 0 Å². The van der Waals surface area contributed by atoms with Gasteiger partial charge in [0.2, 0.25) is 0 Å². The van der Waals surface area contributed by atoms with Crippen LogP contribution in [0, 0.1) is 6.92 Å². The molecule has 0 radical (unpaired) electrons. The molecule has 0 bridgehead atoms. The number of hydrogen-bond donors (Lipinski definition) is 0. The monoisotopic (exact) mass is 274 g/mol. The van der Waals surface area contributed by atoms with Gasteiger partial charge >= 0.3 is 0 Å². The molecular weight excluding hydrogens is 256 g/mol. The van der Waals surface area contributed by atoms with Crippen molar-refractivity contribution >= 4 is 22.4 Å². The van der Waals surface area contributed by atoms with E-state index in [1.165, 1.54) is 28.3 Å². The molecule has 0 aromatic heterocycles. The summed E-state index contributed by atoms with van der Waals surface area (Å²) in [6.07, 6.45) is 3.56. The van der Waals surface area contributed by atoms with Gasteiger partial charge in [0.05, 0.1) is 11.5 Å². The number of fused-ring (bicyclic) bond motifs is 1. The van der Waals surface area contributed by atoms with Gasteiger partial charge in [-0.05, 0) is 48.1 Å². The highest BCUT2D eigenvalue weighted by molar-refractivity contribution is 6.22. The highest BCUT2D eigenvalue weighted by Gasteiger charge is 2.22. The Balaban J connectivity index is 1.95. The topological polar surface area (TPSA) is 9.23 Å². The van der Waals surface area contributed by atoms with Gasteiger partial charge in [0.1, 0.15) is 0 Å². The van der Waals surface area contributed by atoms with E-state index in [0.29, 0.717) is 6.10 Å². The highest BCUT2D eigenvalue weighted by Crippen LogP contribution is 2.36. The Kier molecular flexibility index (Phi) is 3.76. The lowest BCUT2D eigenvalue weighted by atomic mass is 9.94. The molecule has 1 aliphatic rings. The summed E-state index contributed by atoms with van der Waals surface area (Å²) in [7, 11) is 0. The summed E-state index contributed by atoms with van der Waals surface area (Å²) < 4.78 is 5.71. The van der Waals surface area contributed by atoms with Crippen LogP contribution in [0.4, 0.5) is 0 Å². The molecule has 1 heterocycles. The van der Waals surface area contributed by atoms with E-state index in [0.717, 1.165) is 19.4 Å². The minimum absolute atomic E-state index is 0.0363. The average Bonchev–Trinajstić information content (AvgIpc) is 2.91. The van der Waals surface area contributed by atoms with Crippen LogP contribution >= 0.6 is 11.6 Å². The van der Waals surface area contributed by atoms with Crippen molar-refractivity contribution in [3.05, 3.63) is 47.5 Å². The molecule has 0 spiro atoms. The predicted molar refractivity (Wildman–Crippen MR) is 80.9 cm³/mol. The Morgan fingerprint density at radius 3 is 2.89 bits per heavy atom. The molecule has 19 heavy (non-hydrogen) atoms. The van der Waals surface area contributed by atoms with Crippen molar-refractivity contribution in [3.8, 4) is 0 Å². The van der Waals surface area contributed by atoms with E-state index >= 15 is 0 Å². The minimum atomic E-state index is 0.0363. The minimum Gasteiger partial charge on any atom is -0.378 e. The van der Waals surface area contributed by atoms with E-state index in [-0.39, 0.29) is 5.38 Å². The zero-order valence-electron chi connectivity index (χ0n) is 11.2. The molecule has 0 saturated carbocycles. The molecule has 2 unspecified atom stereocenters. The number of benzene rings is 2. The Morgan fingerprint density at radius 1 is 1.26 bits per heavy atom. The van der Waals surface area contributed by atoms with Crippen LogP contribution in [-0.4, -0.2) is 12.7 Å². The van der Waals surface area contributed by atoms with Crippen molar-refractivity contribution in [1.82, 2.24) is 0 Å². The Morgan fingerprint density at radius 2 is 2.11 bits per heavy atom. The summed E-state index contributed by atoms with van der Waals surface area (Å²) in [6.45, 7) is 3.04. The molecule has 0 N–H and O–H groups in total. The van der Waals surface area contributed by atoms with Gasteiger partial charge in [-0.3, -0.25) is 0 Å². The van der Waals surface area contributed by atoms with Crippen LogP contribution in [0.2, 0.25) is 0 Å². The number of hydrogen-bond acceptors (Lipinski definition) is 1. The van der Waals surface area contributed by atoms with Crippen molar-refractivity contribution in [2.75, 3.05) is 6.61 Å². The molecule has 1 nitrogen and oxygen atoms in total. The lowest BCUT2D eigenvalue weighted by Gasteiger charge is -2.19. The fraction of sp³-hybridized carbons (Fsp3) is 0.412. The summed E-state index contributed by atoms with van der Waals surface area (Å²) in [4.78, 5) is 0. The van der Waals surface area contributed by atoms with Gasteiger partial charge < -0.3 is 4.74 Å². The van der Waals surface area contributed by atoms with E-state index in [1.54, 1.807) is 0 Å². The molecular formula is C17H19ClO. The molecule has 2 aromatic rings. The Bertz CT molecular complexity index is 572. The second-order valence-electron chi connectivity index (χ2n) is 5.36. The summed E-state index contributed by atoms with van der Waals surface area (Å²) in [5, 5.41) is 2.58. The van der Waals surface area contributed by atoms with Gasteiger partial charge in [-0.25, -0.2) is 0 Å². The van der Waals surface area contributed by atoms with Gasteiger partial charge in [0.25, 0.3) is 0 Å². The number of alkyl halides is 1. The maximum Gasteiger partial charge on any atom is 0.0618 e. The third kappa shape index (κ3) is 2.63. The SMILES string of the molecule is Cc1ccc2ccccc2c1C(Cl)CC1CCCO1. The number of halogens is 1. The first-order valence-electron chi connectivity index (χ1n) is 6.99. The first-order valence-corrected chi connectivity index (χ1v) is 7.43. The summed E-state index contributed by atoms with van der Waals surface area (Å²) in [5.74, 6) is 0. The van der Waals surface area contributed by atoms with E-state index < -0.39 is 0 Å². The molecule has 2 heteroatoms. The van der Waals surface area contributed by atoms with Gasteiger partial charge in [0, 0.05) is 6.61 Å². The van der Waals surface area contributed by atoms with Crippen molar-refractivity contribution in [2.45, 2.75) is 37.7 Å². The van der Waals surface area contributed by atoms with Gasteiger partial charge in [-0.15, -0.1) is 11.6 Å². The van der Waals surface area contributed by atoms with Crippen LogP contribution in [0.1, 0.15) is 35.8 Å². The third-order valence-electron chi connectivity index (χ3n) is 4.00. The third-order valence-corrected chi connectivity index (χ3v) is 4.39. The molecule has 100 valence electrons. The largest absolute Gasteiger partial charge is 0.378 e. The number of ether oxygens (including phenoxy) is 1. The molecule has 0 aliphatic carbocycles. The fourth-order valence-electron chi connectivity index (χ4n) is 3.00. The van der Waals surface area contributed by atoms with Crippen LogP contribution in [0.5, 0.6) is 0 Å². The van der Waals surface area contributed by atoms with E-state index in [4.69, 9.17) is 16.3 Å². The molecule has 3 rings (SSSR count). The maximum atomic E-state index is 6.69. The van der Waals surface area contributed by atoms with E-state index in [2.05, 4.69) is 43.3 Å². The first-order chi connectivity index (χ1) is 9.25. The lowest BCUT2D eigenvalue weighted by molar-refractivity contribution is 0.103. The zero-order chi connectivity index (χ0) is 13.2. The van der Waals surface area contributed by atoms with E-state index in [1.807, 2.05) is 0 Å². The fourth-order valence-corrected chi connectivity index (χ4v) is 3.49. The number of rotatable bonds is 3. The van der Waals surface area contributed by atoms with Crippen LogP contribution in [0.3, 0.4) is 0 Å². The van der Waals surface area contributed by atoms with Gasteiger partial charge in [-0.1, -0.05) is 36.4 Å². The van der Waals surface area contributed by atoms with Gasteiger partial charge in [0.15, 0.2) is 0 Å². The quantitative estimate of drug-likeness (QED) is 0.716. The second-order valence-corrected chi connectivity index (χ2v) is 5.88. The zero-order valence-corrected chi connectivity index (χ0v) is 12.0. The molecule has 0 amide bonds. The van der Waals surface area contributed by atoms with Crippen LogP contribution in [0.15, 0.2) is 36.4 Å². The van der Waals surface area contributed by atoms with Gasteiger partial charge in [-0.2, -0.15) is 0 Å². The van der Waals surface area contributed by atoms with Crippen molar-refractivity contribution in [1.29, 1.82) is 0 Å². The molecule has 2 aromatic carbocycles. The summed E-state index contributed by atoms with van der Waals surface area (Å²) >= 11 is 6.69. The molecule has 2 atom stereocenters. The predicted octanol–water partition coefficient (Wildman–Crippen LogP) is 5.00. The van der Waals surface area contributed by atoms with Crippen molar-refractivity contribution < 1.29 is 4.74 Å². The molecule has 1 saturated heterocycles. The Hall–Kier alpha value is -1.05. The first kappa shape index (κ1) is 13.0. The normalized spacial score (nSPS) is 20.8. The summed E-state index contributed by atoms with van der Waals surface area (Å²) in [6, 6.07) is 12.8. The second kappa shape index (κ2) is 5.52. The summed E-state index contributed by atoms with van der Waals surface area (Å²) in [5.41, 5.74) is 2.55. The maximum absolute atomic E-state index is 6.69. The van der Waals surface area contributed by atoms with Crippen LogP contribution < -0.4 is 0 Å². The number of aryl methyl sites for hydroxylation is 1. The lowest BCUT2D eigenvalue weighted by Crippen LogP contribution is -2.09. The smallest absolute Gasteiger partial charge is 0.0618 e. The highest BCUT2D eigenvalue weighted by atomic mass is 35.5. The Labute approximate surface area is 119 Å². The van der Waals surface area contributed by atoms with Crippen LogP contribution in [-0.2, 0) is 4.74 Å². The molecule has 1 fully saturated rings. The van der Waals surface area contributed by atoms with Crippen molar-refractivity contribution in [3.63, 3.8) is 0 Å². The average molecular weight is 275 g/mol. The van der Waals surface area contributed by atoms with E-state index in [9.17, 15) is 0 Å².